The number of benzene rings is 5. The molecule has 0 spiro atoms. The Balaban J connectivity index is 1.37. The second-order valence-corrected chi connectivity index (χ2v) is 12.6. The molecule has 3 amide bonds. The Morgan fingerprint density at radius 1 is 0.711 bits per heavy atom. The third-order valence-corrected chi connectivity index (χ3v) is 8.65. The van der Waals surface area contributed by atoms with E-state index < -0.39 is 11.2 Å². The van der Waals surface area contributed by atoms with Crippen molar-refractivity contribution in [2.24, 2.45) is 0 Å². The molecule has 0 bridgehead atoms. The number of anilines is 2. The lowest BCUT2D eigenvalue weighted by molar-refractivity contribution is -0.116. The molecule has 3 N–H and O–H groups in total. The van der Waals surface area contributed by atoms with Crippen molar-refractivity contribution in [3.63, 3.8) is 0 Å². The van der Waals surface area contributed by atoms with Crippen LogP contribution in [0.15, 0.2) is 144 Å². The molecule has 0 radical (unpaired) electrons. The Bertz CT molecular complexity index is 1830. The first kappa shape index (κ1) is 31.7. The van der Waals surface area contributed by atoms with E-state index >= 15 is 0 Å². The average molecular weight is 724 g/mol. The topological polar surface area (TPSA) is 87.3 Å². The van der Waals surface area contributed by atoms with Crippen LogP contribution in [-0.2, 0) is 9.59 Å². The van der Waals surface area contributed by atoms with Gasteiger partial charge in [-0.1, -0.05) is 84.4 Å². The smallest absolute Gasteiger partial charge is 0.272 e. The summed E-state index contributed by atoms with van der Waals surface area (Å²) in [5.41, 5.74) is 4.45. The maximum Gasteiger partial charge on any atom is 0.272 e. The summed E-state index contributed by atoms with van der Waals surface area (Å²) in [6.45, 7) is 1.96. The van der Waals surface area contributed by atoms with Crippen LogP contribution in [-0.4, -0.2) is 17.7 Å². The van der Waals surface area contributed by atoms with Gasteiger partial charge in [0.1, 0.15) is 10.9 Å². The molecule has 0 aliphatic rings. The molecule has 0 aromatic heterocycles. The molecule has 0 saturated carbocycles. The molecule has 6 nitrogen and oxygen atoms in total. The van der Waals surface area contributed by atoms with Crippen molar-refractivity contribution in [2.75, 3.05) is 10.6 Å². The van der Waals surface area contributed by atoms with Crippen molar-refractivity contribution >= 4 is 69.5 Å². The van der Waals surface area contributed by atoms with E-state index in [4.69, 9.17) is 0 Å². The van der Waals surface area contributed by atoms with Gasteiger partial charge >= 0.3 is 0 Å². The van der Waals surface area contributed by atoms with Crippen molar-refractivity contribution in [2.45, 2.75) is 17.1 Å². The summed E-state index contributed by atoms with van der Waals surface area (Å²) >= 11 is 3.61. The third kappa shape index (κ3) is 9.17. The Labute approximate surface area is 280 Å². The zero-order chi connectivity index (χ0) is 31.6. The fourth-order valence-electron chi connectivity index (χ4n) is 4.49. The standard InChI is InChI=1S/C37H30IN3O3S/c1-25-10-8-11-26(22-25)23-33(41-35(42)28-14-6-3-7-15-28)36(43)40-31-16-9-17-32(24-31)45-34(27-12-4-2-5-13-27)37(44)39-30-20-18-29(38)19-21-30/h2-24,34H,1H3,(H,39,44)(H,40,43)(H,41,42)/b33-23+. The van der Waals surface area contributed by atoms with Crippen LogP contribution in [0.3, 0.4) is 0 Å². The van der Waals surface area contributed by atoms with Gasteiger partial charge in [0.05, 0.1) is 0 Å². The Morgan fingerprint density at radius 2 is 1.40 bits per heavy atom. The van der Waals surface area contributed by atoms with Gasteiger partial charge in [0.15, 0.2) is 0 Å². The molecule has 224 valence electrons. The molecular formula is C37H30IN3O3S. The molecule has 5 aromatic carbocycles. The second-order valence-electron chi connectivity index (χ2n) is 10.2. The lowest BCUT2D eigenvalue weighted by Gasteiger charge is -2.18. The van der Waals surface area contributed by atoms with Crippen molar-refractivity contribution in [3.8, 4) is 0 Å². The maximum atomic E-state index is 13.6. The van der Waals surface area contributed by atoms with Gasteiger partial charge in [0.2, 0.25) is 5.91 Å². The van der Waals surface area contributed by atoms with Crippen LogP contribution >= 0.6 is 34.4 Å². The molecule has 5 rings (SSSR count). The van der Waals surface area contributed by atoms with Gasteiger partial charge < -0.3 is 16.0 Å². The molecule has 45 heavy (non-hydrogen) atoms. The molecular weight excluding hydrogens is 693 g/mol. The van der Waals surface area contributed by atoms with E-state index in [2.05, 4.69) is 38.5 Å². The molecule has 1 unspecified atom stereocenters. The number of aryl methyl sites for hydroxylation is 1. The summed E-state index contributed by atoms with van der Waals surface area (Å²) in [7, 11) is 0. The number of hydrogen-bond acceptors (Lipinski definition) is 4. The molecule has 0 saturated heterocycles. The highest BCUT2D eigenvalue weighted by atomic mass is 127. The molecule has 5 aromatic rings. The number of rotatable bonds is 10. The third-order valence-electron chi connectivity index (χ3n) is 6.68. The molecule has 0 aliphatic carbocycles. The van der Waals surface area contributed by atoms with Crippen LogP contribution in [0.1, 0.15) is 32.3 Å². The quantitative estimate of drug-likeness (QED) is 0.0767. The predicted octanol–water partition coefficient (Wildman–Crippen LogP) is 8.48. The first-order valence-electron chi connectivity index (χ1n) is 14.2. The average Bonchev–Trinajstić information content (AvgIpc) is 3.05. The summed E-state index contributed by atoms with van der Waals surface area (Å²) in [5.74, 6) is -1.02. The van der Waals surface area contributed by atoms with Crippen molar-refractivity contribution in [1.29, 1.82) is 0 Å². The fraction of sp³-hybridized carbons (Fsp3) is 0.0541. The SMILES string of the molecule is Cc1cccc(/C=C(/NC(=O)c2ccccc2)C(=O)Nc2cccc(SC(C(=O)Nc3ccc(I)cc3)c3ccccc3)c2)c1. The van der Waals surface area contributed by atoms with Crippen LogP contribution in [0.2, 0.25) is 0 Å². The normalized spacial score (nSPS) is 11.7. The number of nitrogens with one attached hydrogen (secondary N) is 3. The fourth-order valence-corrected chi connectivity index (χ4v) is 5.94. The lowest BCUT2D eigenvalue weighted by atomic mass is 10.1. The molecule has 1 atom stereocenters. The van der Waals surface area contributed by atoms with E-state index in [0.717, 1.165) is 25.2 Å². The number of carbonyl (C=O) groups excluding carboxylic acids is 3. The lowest BCUT2D eigenvalue weighted by Crippen LogP contribution is -2.30. The predicted molar refractivity (Wildman–Crippen MR) is 191 cm³/mol. The van der Waals surface area contributed by atoms with E-state index in [1.54, 1.807) is 36.4 Å². The number of carbonyl (C=O) groups is 3. The summed E-state index contributed by atoms with van der Waals surface area (Å²) in [6, 6.07) is 40.9. The van der Waals surface area contributed by atoms with E-state index in [1.807, 2.05) is 110 Å². The Morgan fingerprint density at radius 3 is 2.11 bits per heavy atom. The summed E-state index contributed by atoms with van der Waals surface area (Å²) in [6.07, 6.45) is 1.65. The summed E-state index contributed by atoms with van der Waals surface area (Å²) < 4.78 is 1.08. The molecule has 0 fully saturated rings. The van der Waals surface area contributed by atoms with Gasteiger partial charge in [0.25, 0.3) is 11.8 Å². The second kappa shape index (κ2) is 15.4. The molecule has 8 heteroatoms. The zero-order valence-electron chi connectivity index (χ0n) is 24.4. The molecule has 0 aliphatic heterocycles. The highest BCUT2D eigenvalue weighted by molar-refractivity contribution is 14.1. The Kier molecular flexibility index (Phi) is 10.8. The largest absolute Gasteiger partial charge is 0.325 e. The van der Waals surface area contributed by atoms with E-state index in [-0.39, 0.29) is 17.5 Å². The van der Waals surface area contributed by atoms with Gasteiger partial charge in [0, 0.05) is 25.4 Å². The number of amides is 3. The van der Waals surface area contributed by atoms with Gasteiger partial charge in [-0.2, -0.15) is 0 Å². The van der Waals surface area contributed by atoms with Crippen LogP contribution in [0.5, 0.6) is 0 Å². The zero-order valence-corrected chi connectivity index (χ0v) is 27.3. The van der Waals surface area contributed by atoms with Gasteiger partial charge in [-0.05, 0) is 101 Å². The van der Waals surface area contributed by atoms with Crippen LogP contribution < -0.4 is 16.0 Å². The van der Waals surface area contributed by atoms with Gasteiger partial charge in [-0.15, -0.1) is 11.8 Å². The molecule has 0 heterocycles. The minimum atomic E-state index is -0.543. The van der Waals surface area contributed by atoms with Crippen LogP contribution in [0.4, 0.5) is 11.4 Å². The monoisotopic (exact) mass is 723 g/mol. The number of hydrogen-bond donors (Lipinski definition) is 3. The van der Waals surface area contributed by atoms with Gasteiger partial charge in [-0.25, -0.2) is 0 Å². The van der Waals surface area contributed by atoms with Gasteiger partial charge in [-0.3, -0.25) is 14.4 Å². The summed E-state index contributed by atoms with van der Waals surface area (Å²) in [4.78, 5) is 40.9. The van der Waals surface area contributed by atoms with E-state index in [1.165, 1.54) is 11.8 Å². The highest BCUT2D eigenvalue weighted by Gasteiger charge is 2.23. The Hall–Kier alpha value is -4.67. The maximum absolute atomic E-state index is 13.6. The van der Waals surface area contributed by atoms with Crippen molar-refractivity contribution in [1.82, 2.24) is 5.32 Å². The van der Waals surface area contributed by atoms with Crippen molar-refractivity contribution in [3.05, 3.63) is 165 Å². The first-order chi connectivity index (χ1) is 21.8. The van der Waals surface area contributed by atoms with Crippen LogP contribution in [0.25, 0.3) is 6.08 Å². The van der Waals surface area contributed by atoms with Crippen LogP contribution in [0, 0.1) is 10.5 Å². The number of thioether (sulfide) groups is 1. The first-order valence-corrected chi connectivity index (χ1v) is 16.1. The number of halogens is 1. The van der Waals surface area contributed by atoms with E-state index in [0.29, 0.717) is 16.9 Å². The minimum absolute atomic E-state index is 0.103. The minimum Gasteiger partial charge on any atom is -0.325 e. The summed E-state index contributed by atoms with van der Waals surface area (Å²) in [5, 5.41) is 8.19. The highest BCUT2D eigenvalue weighted by Crippen LogP contribution is 2.37. The van der Waals surface area contributed by atoms with Crippen molar-refractivity contribution < 1.29 is 14.4 Å². The van der Waals surface area contributed by atoms with E-state index in [9.17, 15) is 14.4 Å².